The highest BCUT2D eigenvalue weighted by Crippen LogP contribution is 2.17. The van der Waals surface area contributed by atoms with E-state index in [2.05, 4.69) is 0 Å². The second kappa shape index (κ2) is 6.73. The zero-order valence-corrected chi connectivity index (χ0v) is 11.5. The van der Waals surface area contributed by atoms with Crippen LogP contribution in [0.4, 0.5) is 0 Å². The fourth-order valence-corrected chi connectivity index (χ4v) is 1.91. The van der Waals surface area contributed by atoms with Crippen LogP contribution in [0.3, 0.4) is 0 Å². The second-order valence-electron chi connectivity index (χ2n) is 4.17. The van der Waals surface area contributed by atoms with Crippen LogP contribution in [0, 0.1) is 6.92 Å². The smallest absolute Gasteiger partial charge is 0.328 e. The molecule has 4 heteroatoms. The molecule has 0 bridgehead atoms. The lowest BCUT2D eigenvalue weighted by Gasteiger charge is -2.20. The topological polar surface area (TPSA) is 57.6 Å². The summed E-state index contributed by atoms with van der Waals surface area (Å²) in [5, 5.41) is 8.65. The number of rotatable bonds is 5. The summed E-state index contributed by atoms with van der Waals surface area (Å²) < 4.78 is 0. The standard InChI is InChI=1S/C15H19NO3/c1-4-16(5-2)15(19)13-8-6-7-12(11(13)3)9-10-14(17)18/h6-10H,4-5H2,1-3H3,(H,17,18). The maximum absolute atomic E-state index is 12.3. The monoisotopic (exact) mass is 261 g/mol. The van der Waals surface area contributed by atoms with Crippen molar-refractivity contribution in [3.63, 3.8) is 0 Å². The van der Waals surface area contributed by atoms with Crippen LogP contribution in [0.1, 0.15) is 35.3 Å². The van der Waals surface area contributed by atoms with E-state index in [-0.39, 0.29) is 5.91 Å². The molecule has 1 amide bonds. The number of amides is 1. The molecule has 0 aliphatic carbocycles. The van der Waals surface area contributed by atoms with Crippen molar-refractivity contribution in [3.8, 4) is 0 Å². The minimum Gasteiger partial charge on any atom is -0.478 e. The van der Waals surface area contributed by atoms with E-state index in [1.165, 1.54) is 6.08 Å². The van der Waals surface area contributed by atoms with Crippen molar-refractivity contribution >= 4 is 18.0 Å². The van der Waals surface area contributed by atoms with Crippen LogP contribution >= 0.6 is 0 Å². The van der Waals surface area contributed by atoms with Crippen molar-refractivity contribution in [1.82, 2.24) is 4.90 Å². The van der Waals surface area contributed by atoms with Gasteiger partial charge in [-0.1, -0.05) is 12.1 Å². The summed E-state index contributed by atoms with van der Waals surface area (Å²) in [6, 6.07) is 5.34. The van der Waals surface area contributed by atoms with E-state index in [4.69, 9.17) is 5.11 Å². The molecule has 0 saturated heterocycles. The molecule has 0 saturated carbocycles. The van der Waals surface area contributed by atoms with E-state index in [0.717, 1.165) is 17.2 Å². The number of benzene rings is 1. The molecule has 1 aromatic carbocycles. The van der Waals surface area contributed by atoms with Gasteiger partial charge in [-0.05, 0) is 44.0 Å². The molecular formula is C15H19NO3. The van der Waals surface area contributed by atoms with Crippen molar-refractivity contribution in [3.05, 3.63) is 41.0 Å². The number of hydrogen-bond donors (Lipinski definition) is 1. The van der Waals surface area contributed by atoms with Crippen LogP contribution in [0.25, 0.3) is 6.08 Å². The molecule has 1 N–H and O–H groups in total. The first kappa shape index (κ1) is 15.0. The van der Waals surface area contributed by atoms with Crippen molar-refractivity contribution < 1.29 is 14.7 Å². The van der Waals surface area contributed by atoms with Gasteiger partial charge in [-0.25, -0.2) is 4.79 Å². The van der Waals surface area contributed by atoms with E-state index in [1.54, 1.807) is 23.1 Å². The average Bonchev–Trinajstić information content (AvgIpc) is 2.38. The van der Waals surface area contributed by atoms with Gasteiger partial charge in [0.25, 0.3) is 5.91 Å². The van der Waals surface area contributed by atoms with Gasteiger partial charge in [0.05, 0.1) is 0 Å². The fraction of sp³-hybridized carbons (Fsp3) is 0.333. The molecule has 1 rings (SSSR count). The Balaban J connectivity index is 3.13. The Bertz CT molecular complexity index is 502. The van der Waals surface area contributed by atoms with Crippen molar-refractivity contribution in [1.29, 1.82) is 0 Å². The molecule has 0 atom stereocenters. The zero-order valence-electron chi connectivity index (χ0n) is 11.5. The Kier molecular flexibility index (Phi) is 5.30. The molecule has 0 aromatic heterocycles. The van der Waals surface area contributed by atoms with Crippen LogP contribution in [0.15, 0.2) is 24.3 Å². The van der Waals surface area contributed by atoms with Gasteiger partial charge < -0.3 is 10.0 Å². The third kappa shape index (κ3) is 3.68. The zero-order chi connectivity index (χ0) is 14.4. The first-order valence-corrected chi connectivity index (χ1v) is 6.31. The average molecular weight is 261 g/mol. The number of carboxylic acid groups (broad SMARTS) is 1. The molecule has 0 spiro atoms. The summed E-state index contributed by atoms with van der Waals surface area (Å²) in [6.07, 6.45) is 2.59. The third-order valence-electron chi connectivity index (χ3n) is 3.06. The SMILES string of the molecule is CCN(CC)C(=O)c1cccc(C=CC(=O)O)c1C. The predicted molar refractivity (Wildman–Crippen MR) is 75.1 cm³/mol. The third-order valence-corrected chi connectivity index (χ3v) is 3.06. The first-order chi connectivity index (χ1) is 9.01. The van der Waals surface area contributed by atoms with Crippen LogP contribution in [0.2, 0.25) is 0 Å². The molecule has 102 valence electrons. The Morgan fingerprint density at radius 3 is 2.42 bits per heavy atom. The number of aliphatic carboxylic acids is 1. The normalized spacial score (nSPS) is 10.7. The van der Waals surface area contributed by atoms with E-state index in [9.17, 15) is 9.59 Å². The molecule has 0 radical (unpaired) electrons. The van der Waals surface area contributed by atoms with Gasteiger partial charge in [0.2, 0.25) is 0 Å². The Hall–Kier alpha value is -2.10. The molecule has 0 heterocycles. The van der Waals surface area contributed by atoms with Gasteiger partial charge >= 0.3 is 5.97 Å². The Morgan fingerprint density at radius 2 is 1.89 bits per heavy atom. The van der Waals surface area contributed by atoms with Crippen molar-refractivity contribution in [2.75, 3.05) is 13.1 Å². The van der Waals surface area contributed by atoms with Gasteiger partial charge in [0.15, 0.2) is 0 Å². The predicted octanol–water partition coefficient (Wildman–Crippen LogP) is 2.57. The first-order valence-electron chi connectivity index (χ1n) is 6.31. The van der Waals surface area contributed by atoms with Gasteiger partial charge in [-0.2, -0.15) is 0 Å². The number of carbonyl (C=O) groups is 2. The number of carbonyl (C=O) groups excluding carboxylic acids is 1. The van der Waals surface area contributed by atoms with Crippen LogP contribution in [0.5, 0.6) is 0 Å². The maximum Gasteiger partial charge on any atom is 0.328 e. The fourth-order valence-electron chi connectivity index (χ4n) is 1.91. The van der Waals surface area contributed by atoms with Crippen LogP contribution < -0.4 is 0 Å². The molecule has 0 fully saturated rings. The second-order valence-corrected chi connectivity index (χ2v) is 4.17. The van der Waals surface area contributed by atoms with Gasteiger partial charge in [-0.3, -0.25) is 4.79 Å². The summed E-state index contributed by atoms with van der Waals surface area (Å²) in [5.41, 5.74) is 2.17. The van der Waals surface area contributed by atoms with Gasteiger partial charge in [0.1, 0.15) is 0 Å². The van der Waals surface area contributed by atoms with Crippen molar-refractivity contribution in [2.24, 2.45) is 0 Å². The highest BCUT2D eigenvalue weighted by Gasteiger charge is 2.15. The maximum atomic E-state index is 12.3. The van der Waals surface area contributed by atoms with Gasteiger partial charge in [0, 0.05) is 24.7 Å². The molecule has 1 aromatic rings. The minimum atomic E-state index is -1.00. The Morgan fingerprint density at radius 1 is 1.26 bits per heavy atom. The molecular weight excluding hydrogens is 242 g/mol. The van der Waals surface area contributed by atoms with E-state index >= 15 is 0 Å². The largest absolute Gasteiger partial charge is 0.478 e. The Labute approximate surface area is 113 Å². The highest BCUT2D eigenvalue weighted by molar-refractivity contribution is 5.97. The molecule has 0 aliphatic heterocycles. The molecule has 4 nitrogen and oxygen atoms in total. The summed E-state index contributed by atoms with van der Waals surface area (Å²) in [4.78, 5) is 24.6. The molecule has 19 heavy (non-hydrogen) atoms. The lowest BCUT2D eigenvalue weighted by molar-refractivity contribution is -0.131. The van der Waals surface area contributed by atoms with Crippen LogP contribution in [-0.4, -0.2) is 35.0 Å². The number of hydrogen-bond acceptors (Lipinski definition) is 2. The summed E-state index contributed by atoms with van der Waals surface area (Å²) in [6.45, 7) is 7.02. The summed E-state index contributed by atoms with van der Waals surface area (Å²) in [5.74, 6) is -1.02. The van der Waals surface area contributed by atoms with E-state index in [1.807, 2.05) is 20.8 Å². The van der Waals surface area contributed by atoms with Crippen LogP contribution in [-0.2, 0) is 4.79 Å². The summed E-state index contributed by atoms with van der Waals surface area (Å²) in [7, 11) is 0. The quantitative estimate of drug-likeness (QED) is 0.829. The minimum absolute atomic E-state index is 0.0203. The highest BCUT2D eigenvalue weighted by atomic mass is 16.4. The lowest BCUT2D eigenvalue weighted by Crippen LogP contribution is -2.31. The number of carboxylic acids is 1. The van der Waals surface area contributed by atoms with E-state index < -0.39 is 5.97 Å². The molecule has 0 aliphatic rings. The van der Waals surface area contributed by atoms with Gasteiger partial charge in [-0.15, -0.1) is 0 Å². The summed E-state index contributed by atoms with van der Waals surface area (Å²) >= 11 is 0. The lowest BCUT2D eigenvalue weighted by atomic mass is 10.0. The molecule has 0 unspecified atom stereocenters. The van der Waals surface area contributed by atoms with Crippen molar-refractivity contribution in [2.45, 2.75) is 20.8 Å². The number of nitrogens with zero attached hydrogens (tertiary/aromatic N) is 1. The van der Waals surface area contributed by atoms with E-state index in [0.29, 0.717) is 18.7 Å².